The summed E-state index contributed by atoms with van der Waals surface area (Å²) in [6, 6.07) is 3.00. The number of hydrogen-bond acceptors (Lipinski definition) is 4. The van der Waals surface area contributed by atoms with Crippen molar-refractivity contribution in [1.82, 2.24) is 5.32 Å². The summed E-state index contributed by atoms with van der Waals surface area (Å²) in [4.78, 5) is 21.4. The van der Waals surface area contributed by atoms with Gasteiger partial charge >= 0.3 is 0 Å². The van der Waals surface area contributed by atoms with Gasteiger partial charge < -0.3 is 10.6 Å². The third-order valence-electron chi connectivity index (χ3n) is 2.14. The zero-order valence-electron chi connectivity index (χ0n) is 9.90. The second kappa shape index (κ2) is 6.65. The lowest BCUT2D eigenvalue weighted by Gasteiger charge is -2.06. The largest absolute Gasteiger partial charge is 0.319 e. The van der Waals surface area contributed by atoms with E-state index in [1.807, 2.05) is 6.92 Å². The SMILES string of the molecule is CCCNCC(=O)Nc1ccc(F)cc1[N+](=O)[O-]. The lowest BCUT2D eigenvalue weighted by atomic mass is 10.2. The maximum absolute atomic E-state index is 12.9. The van der Waals surface area contributed by atoms with Crippen molar-refractivity contribution in [2.75, 3.05) is 18.4 Å². The normalized spacial score (nSPS) is 10.1. The molecule has 0 saturated carbocycles. The minimum Gasteiger partial charge on any atom is -0.319 e. The van der Waals surface area contributed by atoms with Crippen LogP contribution in [0, 0.1) is 15.9 Å². The van der Waals surface area contributed by atoms with Crippen LogP contribution in [0.4, 0.5) is 15.8 Å². The fourth-order valence-corrected chi connectivity index (χ4v) is 1.33. The number of carbonyl (C=O) groups is 1. The fraction of sp³-hybridized carbons (Fsp3) is 0.364. The van der Waals surface area contributed by atoms with Crippen molar-refractivity contribution < 1.29 is 14.1 Å². The van der Waals surface area contributed by atoms with Gasteiger partial charge in [0.05, 0.1) is 17.5 Å². The number of halogens is 1. The van der Waals surface area contributed by atoms with E-state index < -0.39 is 22.3 Å². The Hall–Kier alpha value is -2.02. The highest BCUT2D eigenvalue weighted by atomic mass is 19.1. The smallest absolute Gasteiger partial charge is 0.295 e. The fourth-order valence-electron chi connectivity index (χ4n) is 1.33. The molecule has 0 aromatic heterocycles. The highest BCUT2D eigenvalue weighted by Crippen LogP contribution is 2.24. The Kier molecular flexibility index (Phi) is 5.19. The van der Waals surface area contributed by atoms with Gasteiger partial charge in [-0.2, -0.15) is 0 Å². The molecule has 0 fully saturated rings. The average Bonchev–Trinajstić information content (AvgIpc) is 2.31. The zero-order valence-corrected chi connectivity index (χ0v) is 9.90. The standard InChI is InChI=1S/C11H14FN3O3/c1-2-5-13-7-11(16)14-9-4-3-8(12)6-10(9)15(17)18/h3-4,6,13H,2,5,7H2,1H3,(H,14,16). The molecule has 0 atom stereocenters. The number of nitro groups is 1. The Morgan fingerprint density at radius 2 is 2.22 bits per heavy atom. The van der Waals surface area contributed by atoms with Gasteiger partial charge in [0.15, 0.2) is 0 Å². The summed E-state index contributed by atoms with van der Waals surface area (Å²) in [5.74, 6) is -1.12. The minimum absolute atomic E-state index is 0.00954. The van der Waals surface area contributed by atoms with E-state index >= 15 is 0 Å². The summed E-state index contributed by atoms with van der Waals surface area (Å²) < 4.78 is 12.9. The molecule has 7 heteroatoms. The second-order valence-electron chi connectivity index (χ2n) is 3.64. The van der Waals surface area contributed by atoms with Gasteiger partial charge in [-0.25, -0.2) is 4.39 Å². The van der Waals surface area contributed by atoms with Crippen LogP contribution in [0.25, 0.3) is 0 Å². The van der Waals surface area contributed by atoms with E-state index in [1.165, 1.54) is 6.07 Å². The van der Waals surface area contributed by atoms with Gasteiger partial charge in [0.1, 0.15) is 11.5 Å². The van der Waals surface area contributed by atoms with Crippen LogP contribution < -0.4 is 10.6 Å². The van der Waals surface area contributed by atoms with Gasteiger partial charge in [-0.15, -0.1) is 0 Å². The molecule has 1 amide bonds. The molecule has 0 unspecified atom stereocenters. The number of nitro benzene ring substituents is 1. The molecule has 1 aromatic rings. The molecule has 2 N–H and O–H groups in total. The Morgan fingerprint density at radius 1 is 1.50 bits per heavy atom. The molecule has 0 radical (unpaired) electrons. The Morgan fingerprint density at radius 3 is 2.83 bits per heavy atom. The molecule has 0 spiro atoms. The first kappa shape index (κ1) is 14.0. The van der Waals surface area contributed by atoms with Crippen LogP contribution in [0.1, 0.15) is 13.3 Å². The number of nitrogens with zero attached hydrogens (tertiary/aromatic N) is 1. The summed E-state index contributed by atoms with van der Waals surface area (Å²) in [6.45, 7) is 2.69. The number of carbonyl (C=O) groups excluding carboxylic acids is 1. The molecule has 1 rings (SSSR count). The summed E-state index contributed by atoms with van der Waals surface area (Å²) in [5.41, 5.74) is -0.469. The molecule has 6 nitrogen and oxygen atoms in total. The van der Waals surface area contributed by atoms with Crippen LogP contribution in [0.15, 0.2) is 18.2 Å². The molecule has 0 aliphatic carbocycles. The number of benzene rings is 1. The van der Waals surface area contributed by atoms with E-state index in [9.17, 15) is 19.3 Å². The van der Waals surface area contributed by atoms with Crippen molar-refractivity contribution in [3.05, 3.63) is 34.1 Å². The Bertz CT molecular complexity index is 451. The first-order chi connectivity index (χ1) is 8.54. The number of hydrogen-bond donors (Lipinski definition) is 2. The number of rotatable bonds is 6. The summed E-state index contributed by atoms with van der Waals surface area (Å²) in [7, 11) is 0. The van der Waals surface area contributed by atoms with Crippen molar-refractivity contribution >= 4 is 17.3 Å². The summed E-state index contributed by atoms with van der Waals surface area (Å²) in [5, 5.41) is 15.9. The van der Waals surface area contributed by atoms with Crippen LogP contribution in [-0.4, -0.2) is 23.9 Å². The van der Waals surface area contributed by atoms with Crippen LogP contribution in [-0.2, 0) is 4.79 Å². The lowest BCUT2D eigenvalue weighted by Crippen LogP contribution is -2.28. The van der Waals surface area contributed by atoms with E-state index in [-0.39, 0.29) is 12.2 Å². The Labute approximate surface area is 103 Å². The predicted molar refractivity (Wildman–Crippen MR) is 64.8 cm³/mol. The van der Waals surface area contributed by atoms with Gasteiger partial charge in [-0.1, -0.05) is 6.92 Å². The molecular formula is C11H14FN3O3. The quantitative estimate of drug-likeness (QED) is 0.460. The first-order valence-electron chi connectivity index (χ1n) is 5.49. The van der Waals surface area contributed by atoms with Crippen LogP contribution >= 0.6 is 0 Å². The molecule has 18 heavy (non-hydrogen) atoms. The highest BCUT2D eigenvalue weighted by Gasteiger charge is 2.16. The first-order valence-corrected chi connectivity index (χ1v) is 5.49. The lowest BCUT2D eigenvalue weighted by molar-refractivity contribution is -0.384. The van der Waals surface area contributed by atoms with Crippen molar-refractivity contribution in [3.8, 4) is 0 Å². The zero-order chi connectivity index (χ0) is 13.5. The second-order valence-corrected chi connectivity index (χ2v) is 3.64. The van der Waals surface area contributed by atoms with E-state index in [4.69, 9.17) is 0 Å². The number of amides is 1. The average molecular weight is 255 g/mol. The molecule has 0 aliphatic rings. The highest BCUT2D eigenvalue weighted by molar-refractivity contribution is 5.94. The van der Waals surface area contributed by atoms with Crippen LogP contribution in [0.3, 0.4) is 0 Å². The monoisotopic (exact) mass is 255 g/mol. The molecule has 0 bridgehead atoms. The van der Waals surface area contributed by atoms with Gasteiger partial charge in [0, 0.05) is 0 Å². The maximum atomic E-state index is 12.9. The van der Waals surface area contributed by atoms with E-state index in [1.54, 1.807) is 0 Å². The maximum Gasteiger partial charge on any atom is 0.295 e. The van der Waals surface area contributed by atoms with Crippen molar-refractivity contribution in [2.24, 2.45) is 0 Å². The molecule has 0 saturated heterocycles. The molecular weight excluding hydrogens is 241 g/mol. The molecule has 98 valence electrons. The van der Waals surface area contributed by atoms with Gasteiger partial charge in [0.2, 0.25) is 5.91 Å². The molecule has 0 heterocycles. The topological polar surface area (TPSA) is 84.3 Å². The van der Waals surface area contributed by atoms with Gasteiger partial charge in [-0.05, 0) is 25.1 Å². The van der Waals surface area contributed by atoms with Gasteiger partial charge in [-0.3, -0.25) is 14.9 Å². The van der Waals surface area contributed by atoms with E-state index in [2.05, 4.69) is 10.6 Å². The van der Waals surface area contributed by atoms with E-state index in [0.29, 0.717) is 6.54 Å². The van der Waals surface area contributed by atoms with Gasteiger partial charge in [0.25, 0.3) is 5.69 Å². The van der Waals surface area contributed by atoms with Crippen LogP contribution in [0.2, 0.25) is 0 Å². The van der Waals surface area contributed by atoms with Crippen molar-refractivity contribution in [2.45, 2.75) is 13.3 Å². The third kappa shape index (κ3) is 4.10. The van der Waals surface area contributed by atoms with Crippen LogP contribution in [0.5, 0.6) is 0 Å². The summed E-state index contributed by atoms with van der Waals surface area (Å²) in [6.07, 6.45) is 0.879. The third-order valence-corrected chi connectivity index (χ3v) is 2.14. The number of anilines is 1. The van der Waals surface area contributed by atoms with E-state index in [0.717, 1.165) is 18.6 Å². The molecule has 1 aromatic carbocycles. The number of nitrogens with one attached hydrogen (secondary N) is 2. The minimum atomic E-state index is -0.738. The van der Waals surface area contributed by atoms with Crippen molar-refractivity contribution in [1.29, 1.82) is 0 Å². The van der Waals surface area contributed by atoms with Crippen molar-refractivity contribution in [3.63, 3.8) is 0 Å². The predicted octanol–water partition coefficient (Wildman–Crippen LogP) is 1.67. The molecule has 0 aliphatic heterocycles. The Balaban J connectivity index is 2.72. The summed E-state index contributed by atoms with van der Waals surface area (Å²) >= 11 is 0.